The van der Waals surface area contributed by atoms with Crippen LogP contribution in [0.2, 0.25) is 0 Å². The molecule has 2 heterocycles. The zero-order valence-electron chi connectivity index (χ0n) is 14.1. The highest BCUT2D eigenvalue weighted by Gasteiger charge is 2.20. The van der Waals surface area contributed by atoms with Gasteiger partial charge >= 0.3 is 0 Å². The minimum atomic E-state index is 0.945. The van der Waals surface area contributed by atoms with E-state index in [0.717, 1.165) is 38.4 Å². The number of rotatable bonds is 5. The summed E-state index contributed by atoms with van der Waals surface area (Å²) in [5.41, 5.74) is 2.68. The second-order valence-corrected chi connectivity index (χ2v) is 7.32. The molecule has 1 aliphatic rings. The van der Waals surface area contributed by atoms with Crippen LogP contribution in [0.4, 0.5) is 5.69 Å². The summed E-state index contributed by atoms with van der Waals surface area (Å²) in [4.78, 5) is 11.4. The summed E-state index contributed by atoms with van der Waals surface area (Å²) in [5, 5.41) is 0. The lowest BCUT2D eigenvalue weighted by atomic mass is 10.2. The van der Waals surface area contributed by atoms with Crippen LogP contribution >= 0.6 is 11.9 Å². The lowest BCUT2D eigenvalue weighted by Gasteiger charge is -2.24. The maximum Gasteiger partial charge on any atom is 0.107 e. The van der Waals surface area contributed by atoms with E-state index in [1.165, 1.54) is 16.1 Å². The number of benzene rings is 2. The first-order valence-electron chi connectivity index (χ1n) is 8.67. The fourth-order valence-electron chi connectivity index (χ4n) is 3.12. The molecular weight excluding hydrogens is 328 g/mol. The van der Waals surface area contributed by atoms with Crippen molar-refractivity contribution in [3.8, 4) is 0 Å². The summed E-state index contributed by atoms with van der Waals surface area (Å²) in [6, 6.07) is 19.4. The molecule has 128 valence electrons. The van der Waals surface area contributed by atoms with Gasteiger partial charge in [0.2, 0.25) is 0 Å². The Morgan fingerprint density at radius 1 is 1.00 bits per heavy atom. The van der Waals surface area contributed by atoms with Crippen molar-refractivity contribution in [1.29, 1.82) is 0 Å². The van der Waals surface area contributed by atoms with Crippen molar-refractivity contribution in [2.75, 3.05) is 24.5 Å². The molecule has 0 fully saturated rings. The summed E-state index contributed by atoms with van der Waals surface area (Å²) in [6.07, 6.45) is 4.66. The third-order valence-corrected chi connectivity index (χ3v) is 5.59. The number of nitrogens with one attached hydrogen (secondary N) is 1. The van der Waals surface area contributed by atoms with E-state index in [2.05, 4.69) is 73.8 Å². The largest absolute Gasteiger partial charge is 0.365 e. The molecule has 0 saturated heterocycles. The standard InChI is InChI=1S/C20H22N4S/c1-2-6-17(7-3-1)16-23-14-15-24(13-10-20-21-11-12-22-20)25-19-9-5-4-8-18(19)23/h1-9,11-12H,10,13-16H2,(H,21,22). The van der Waals surface area contributed by atoms with Gasteiger partial charge in [-0.2, -0.15) is 0 Å². The van der Waals surface area contributed by atoms with Crippen molar-refractivity contribution in [2.24, 2.45) is 0 Å². The van der Waals surface area contributed by atoms with Gasteiger partial charge in [0.1, 0.15) is 5.82 Å². The highest BCUT2D eigenvalue weighted by Crippen LogP contribution is 2.35. The summed E-state index contributed by atoms with van der Waals surface area (Å²) in [5.74, 6) is 1.05. The second-order valence-electron chi connectivity index (χ2n) is 6.18. The average Bonchev–Trinajstić information content (AvgIpc) is 3.11. The van der Waals surface area contributed by atoms with Gasteiger partial charge in [-0.3, -0.25) is 0 Å². The van der Waals surface area contributed by atoms with Crippen molar-refractivity contribution in [2.45, 2.75) is 17.9 Å². The van der Waals surface area contributed by atoms with Crippen LogP contribution in [-0.2, 0) is 13.0 Å². The third-order valence-electron chi connectivity index (χ3n) is 4.42. The van der Waals surface area contributed by atoms with E-state index in [1.807, 2.05) is 24.3 Å². The van der Waals surface area contributed by atoms with Crippen LogP contribution < -0.4 is 4.90 Å². The summed E-state index contributed by atoms with van der Waals surface area (Å²) < 4.78 is 2.45. The molecule has 0 radical (unpaired) electrons. The molecule has 4 nitrogen and oxygen atoms in total. The van der Waals surface area contributed by atoms with Crippen molar-refractivity contribution in [3.63, 3.8) is 0 Å². The number of aromatic nitrogens is 2. The SMILES string of the molecule is c1ccc(CN2CCN(CCc3ncc[nH]3)Sc3ccccc32)cc1. The molecule has 0 bridgehead atoms. The lowest BCUT2D eigenvalue weighted by Crippen LogP contribution is -2.30. The van der Waals surface area contributed by atoms with Crippen LogP contribution in [0.25, 0.3) is 0 Å². The van der Waals surface area contributed by atoms with E-state index < -0.39 is 0 Å². The number of H-pyrrole nitrogens is 1. The maximum absolute atomic E-state index is 4.34. The van der Waals surface area contributed by atoms with Crippen molar-refractivity contribution in [3.05, 3.63) is 78.4 Å². The van der Waals surface area contributed by atoms with Gasteiger partial charge < -0.3 is 9.88 Å². The summed E-state index contributed by atoms with van der Waals surface area (Å²) >= 11 is 1.86. The monoisotopic (exact) mass is 350 g/mol. The molecule has 0 aliphatic carbocycles. The first kappa shape index (κ1) is 16.2. The van der Waals surface area contributed by atoms with Crippen molar-refractivity contribution in [1.82, 2.24) is 14.3 Å². The predicted octanol–water partition coefficient (Wildman–Crippen LogP) is 3.98. The Labute approximate surface area is 153 Å². The minimum Gasteiger partial charge on any atom is -0.365 e. The van der Waals surface area contributed by atoms with E-state index in [4.69, 9.17) is 0 Å². The maximum atomic E-state index is 4.34. The molecular formula is C20H22N4S. The topological polar surface area (TPSA) is 35.2 Å². The summed E-state index contributed by atoms with van der Waals surface area (Å²) in [7, 11) is 0. The molecule has 0 unspecified atom stereocenters. The van der Waals surface area contributed by atoms with Gasteiger partial charge in [-0.25, -0.2) is 9.29 Å². The Balaban J connectivity index is 1.49. The quantitative estimate of drug-likeness (QED) is 0.706. The van der Waals surface area contributed by atoms with Crippen LogP contribution in [-0.4, -0.2) is 33.9 Å². The van der Waals surface area contributed by atoms with Crippen LogP contribution in [0, 0.1) is 0 Å². The Kier molecular flexibility index (Phi) is 5.04. The molecule has 1 N–H and O–H groups in total. The van der Waals surface area contributed by atoms with Crippen molar-refractivity contribution >= 4 is 17.6 Å². The van der Waals surface area contributed by atoms with Crippen molar-refractivity contribution < 1.29 is 0 Å². The zero-order chi connectivity index (χ0) is 16.9. The van der Waals surface area contributed by atoms with E-state index in [1.54, 1.807) is 0 Å². The molecule has 0 atom stereocenters. The van der Waals surface area contributed by atoms with E-state index in [-0.39, 0.29) is 0 Å². The molecule has 4 rings (SSSR count). The average molecular weight is 350 g/mol. The minimum absolute atomic E-state index is 0.945. The fourth-order valence-corrected chi connectivity index (χ4v) is 4.19. The number of imidazole rings is 1. The Morgan fingerprint density at radius 2 is 1.84 bits per heavy atom. The van der Waals surface area contributed by atoms with Gasteiger partial charge in [0.25, 0.3) is 0 Å². The highest BCUT2D eigenvalue weighted by molar-refractivity contribution is 7.97. The van der Waals surface area contributed by atoms with E-state index in [9.17, 15) is 0 Å². The van der Waals surface area contributed by atoms with Gasteiger partial charge in [-0.15, -0.1) is 0 Å². The van der Waals surface area contributed by atoms with E-state index >= 15 is 0 Å². The first-order chi connectivity index (χ1) is 12.4. The smallest absolute Gasteiger partial charge is 0.107 e. The predicted molar refractivity (Wildman–Crippen MR) is 104 cm³/mol. The number of aromatic amines is 1. The number of fused-ring (bicyclic) bond motifs is 1. The number of para-hydroxylation sites is 1. The molecule has 0 spiro atoms. The number of hydrogen-bond donors (Lipinski definition) is 1. The van der Waals surface area contributed by atoms with E-state index in [0.29, 0.717) is 0 Å². The number of hydrogen-bond acceptors (Lipinski definition) is 4. The molecule has 1 aliphatic heterocycles. The molecule has 5 heteroatoms. The molecule has 25 heavy (non-hydrogen) atoms. The molecule has 0 amide bonds. The van der Waals surface area contributed by atoms with Gasteiger partial charge in [0, 0.05) is 49.9 Å². The Bertz CT molecular complexity index is 788. The van der Waals surface area contributed by atoms with Crippen LogP contribution in [0.5, 0.6) is 0 Å². The van der Waals surface area contributed by atoms with Gasteiger partial charge in [0.15, 0.2) is 0 Å². The zero-order valence-corrected chi connectivity index (χ0v) is 15.0. The highest BCUT2D eigenvalue weighted by atomic mass is 32.2. The molecule has 2 aromatic carbocycles. The first-order valence-corrected chi connectivity index (χ1v) is 9.45. The van der Waals surface area contributed by atoms with Crippen LogP contribution in [0.15, 0.2) is 71.9 Å². The lowest BCUT2D eigenvalue weighted by molar-refractivity contribution is 0.476. The Hall–Kier alpha value is -2.24. The van der Waals surface area contributed by atoms with Gasteiger partial charge in [-0.1, -0.05) is 42.5 Å². The molecule has 3 aromatic rings. The third kappa shape index (κ3) is 4.06. The Morgan fingerprint density at radius 3 is 2.68 bits per heavy atom. The molecule has 0 saturated carbocycles. The molecule has 1 aromatic heterocycles. The summed E-state index contributed by atoms with van der Waals surface area (Å²) in [6.45, 7) is 4.00. The number of anilines is 1. The van der Waals surface area contributed by atoms with Gasteiger partial charge in [-0.05, 0) is 29.6 Å². The normalized spacial score (nSPS) is 15.0. The second kappa shape index (κ2) is 7.76. The van der Waals surface area contributed by atoms with Crippen LogP contribution in [0.1, 0.15) is 11.4 Å². The van der Waals surface area contributed by atoms with Crippen LogP contribution in [0.3, 0.4) is 0 Å². The fraction of sp³-hybridized carbons (Fsp3) is 0.250. The van der Waals surface area contributed by atoms with Gasteiger partial charge in [0.05, 0.1) is 5.69 Å². The number of nitrogens with zero attached hydrogens (tertiary/aromatic N) is 3.